The second-order valence-electron chi connectivity index (χ2n) is 9.72. The molecule has 0 aliphatic rings. The van der Waals surface area contributed by atoms with E-state index in [0.29, 0.717) is 65.8 Å². The zero-order chi connectivity index (χ0) is 28.0. The molecule has 0 spiro atoms. The molecule has 0 saturated heterocycles. The van der Waals surface area contributed by atoms with Crippen molar-refractivity contribution in [2.45, 2.75) is 70.7 Å². The lowest BCUT2D eigenvalue weighted by atomic mass is 10.1. The first-order chi connectivity index (χ1) is 17.4. The van der Waals surface area contributed by atoms with Crippen molar-refractivity contribution in [2.75, 3.05) is 79.4 Å². The minimum Gasteiger partial charge on any atom is -0.382 e. The van der Waals surface area contributed by atoms with Gasteiger partial charge < -0.3 is 24.3 Å². The topological polar surface area (TPSA) is 111 Å². The highest BCUT2D eigenvalue weighted by Gasteiger charge is 2.31. The van der Waals surface area contributed by atoms with Gasteiger partial charge in [0.2, 0.25) is 5.91 Å². The van der Waals surface area contributed by atoms with E-state index in [0.717, 1.165) is 25.0 Å². The van der Waals surface area contributed by atoms with Crippen LogP contribution in [-0.4, -0.2) is 95.6 Å². The van der Waals surface area contributed by atoms with E-state index in [2.05, 4.69) is 19.2 Å². The summed E-state index contributed by atoms with van der Waals surface area (Å²) in [7, 11) is 3.01. The molecule has 0 bridgehead atoms. The van der Waals surface area contributed by atoms with Gasteiger partial charge in [-0.25, -0.2) is 4.57 Å². The van der Waals surface area contributed by atoms with Gasteiger partial charge in [0.25, 0.3) is 0 Å². The summed E-state index contributed by atoms with van der Waals surface area (Å²) in [6.07, 6.45) is 2.93. The van der Waals surface area contributed by atoms with Crippen molar-refractivity contribution in [2.24, 2.45) is 0 Å². The number of methoxy groups -OCH3 is 1. The molecule has 13 heteroatoms. The molecule has 0 saturated carbocycles. The molecule has 0 heterocycles. The summed E-state index contributed by atoms with van der Waals surface area (Å²) >= 11 is 0. The van der Waals surface area contributed by atoms with Crippen LogP contribution in [0.2, 0.25) is 0 Å². The van der Waals surface area contributed by atoms with Gasteiger partial charge in [-0.2, -0.15) is 0 Å². The number of hydrogen-bond acceptors (Lipinski definition) is 11. The van der Waals surface area contributed by atoms with Crippen molar-refractivity contribution in [1.29, 1.82) is 0 Å². The van der Waals surface area contributed by atoms with E-state index in [1.807, 2.05) is 0 Å². The zero-order valence-corrected chi connectivity index (χ0v) is 26.4. The molecule has 0 aromatic rings. The molecule has 1 amide bonds. The van der Waals surface area contributed by atoms with Gasteiger partial charge in [-0.15, -0.1) is 0 Å². The number of phosphoric ester groups is 1. The molecule has 0 aliphatic heterocycles. The van der Waals surface area contributed by atoms with Gasteiger partial charge in [0, 0.05) is 37.7 Å². The molecule has 1 unspecified atom stereocenters. The highest BCUT2D eigenvalue weighted by molar-refractivity contribution is 8.77. The highest BCUT2D eigenvalue weighted by Crippen LogP contribution is 2.51. The number of ether oxygens (including phenoxy) is 4. The number of nitrogens with one attached hydrogen (secondary N) is 1. The fraction of sp³-hybridized carbons (Fsp3) is 0.958. The SMILES string of the molecule is COCCOCCOCCOCCNC(=O)CCC(C)(C)SSCCCCOP(=O)(OC)OC(C)(C)C. The van der Waals surface area contributed by atoms with Crippen molar-refractivity contribution in [1.82, 2.24) is 5.32 Å². The number of rotatable bonds is 25. The van der Waals surface area contributed by atoms with E-state index < -0.39 is 13.4 Å². The molecule has 10 nitrogen and oxygen atoms in total. The van der Waals surface area contributed by atoms with Crippen molar-refractivity contribution in [3.05, 3.63) is 0 Å². The minimum atomic E-state index is -3.52. The van der Waals surface area contributed by atoms with Gasteiger partial charge in [0.05, 0.1) is 58.5 Å². The van der Waals surface area contributed by atoms with Crippen LogP contribution in [-0.2, 0) is 41.9 Å². The Morgan fingerprint density at radius 3 is 2.00 bits per heavy atom. The number of amides is 1. The predicted octanol–water partition coefficient (Wildman–Crippen LogP) is 5.11. The Kier molecular flexibility index (Phi) is 22.0. The molecule has 0 fully saturated rings. The molecular formula is C24H50NO9PS2. The van der Waals surface area contributed by atoms with E-state index in [-0.39, 0.29) is 10.7 Å². The molecule has 0 rings (SSSR count). The fourth-order valence-corrected chi connectivity index (χ4v) is 6.56. The molecule has 222 valence electrons. The first-order valence-electron chi connectivity index (χ1n) is 12.7. The normalized spacial score (nSPS) is 14.0. The van der Waals surface area contributed by atoms with E-state index in [4.69, 9.17) is 32.5 Å². The van der Waals surface area contributed by atoms with Crippen LogP contribution in [0.15, 0.2) is 0 Å². The average Bonchev–Trinajstić information content (AvgIpc) is 2.82. The van der Waals surface area contributed by atoms with Gasteiger partial charge in [0.1, 0.15) is 0 Å². The average molecular weight is 592 g/mol. The quantitative estimate of drug-likeness (QED) is 0.0869. The van der Waals surface area contributed by atoms with Crippen LogP contribution < -0.4 is 5.32 Å². The van der Waals surface area contributed by atoms with Crippen LogP contribution in [0.1, 0.15) is 60.3 Å². The molecule has 0 aliphatic carbocycles. The molecular weight excluding hydrogens is 541 g/mol. The van der Waals surface area contributed by atoms with Gasteiger partial charge in [-0.3, -0.25) is 18.4 Å². The van der Waals surface area contributed by atoms with Crippen molar-refractivity contribution in [3.63, 3.8) is 0 Å². The first-order valence-corrected chi connectivity index (χ1v) is 16.5. The van der Waals surface area contributed by atoms with Gasteiger partial charge in [-0.1, -0.05) is 21.6 Å². The van der Waals surface area contributed by atoms with E-state index >= 15 is 0 Å². The number of phosphoric acid groups is 1. The van der Waals surface area contributed by atoms with Crippen LogP contribution in [0.3, 0.4) is 0 Å². The maximum atomic E-state index is 12.4. The summed E-state index contributed by atoms with van der Waals surface area (Å²) in [5.41, 5.74) is -0.607. The summed E-state index contributed by atoms with van der Waals surface area (Å²) in [5, 5.41) is 2.90. The van der Waals surface area contributed by atoms with E-state index in [9.17, 15) is 9.36 Å². The Labute approximate surface area is 232 Å². The second-order valence-corrected chi connectivity index (χ2v) is 14.5. The lowest BCUT2D eigenvalue weighted by Crippen LogP contribution is -2.29. The monoisotopic (exact) mass is 591 g/mol. The Morgan fingerprint density at radius 1 is 0.838 bits per heavy atom. The van der Waals surface area contributed by atoms with Gasteiger partial charge in [-0.05, 0) is 53.9 Å². The third kappa shape index (κ3) is 24.9. The van der Waals surface area contributed by atoms with Gasteiger partial charge in [0.15, 0.2) is 0 Å². The fourth-order valence-electron chi connectivity index (χ4n) is 2.58. The maximum absolute atomic E-state index is 12.4. The number of unbranched alkanes of at least 4 members (excludes halogenated alkanes) is 1. The van der Waals surface area contributed by atoms with Crippen molar-refractivity contribution in [3.8, 4) is 0 Å². The third-order valence-corrected chi connectivity index (χ3v) is 9.62. The third-order valence-electron chi connectivity index (χ3n) is 4.46. The second kappa shape index (κ2) is 21.9. The summed E-state index contributed by atoms with van der Waals surface area (Å²) < 4.78 is 49.2. The van der Waals surface area contributed by atoms with E-state index in [1.54, 1.807) is 49.5 Å². The summed E-state index contributed by atoms with van der Waals surface area (Å²) in [4.78, 5) is 12.1. The number of carbonyl (C=O) groups excluding carboxylic acids is 1. The number of carbonyl (C=O) groups is 1. The Hall–Kier alpha value is 0.120. The van der Waals surface area contributed by atoms with Gasteiger partial charge >= 0.3 is 7.82 Å². The predicted molar refractivity (Wildman–Crippen MR) is 151 cm³/mol. The largest absolute Gasteiger partial charge is 0.475 e. The van der Waals surface area contributed by atoms with Crippen molar-refractivity contribution >= 4 is 35.3 Å². The standard InChI is InChI=1S/C24H50NO9PS2/c1-23(2,3)34-35(27,29-7)33-13-8-9-21-36-37-24(4,5)11-10-22(26)25-12-14-30-17-18-32-20-19-31-16-15-28-6/h8-21H2,1-7H3,(H,25,26). The summed E-state index contributed by atoms with van der Waals surface area (Å²) in [6.45, 7) is 14.1. The summed E-state index contributed by atoms with van der Waals surface area (Å²) in [6, 6.07) is 0. The molecule has 0 aromatic carbocycles. The van der Waals surface area contributed by atoms with Crippen LogP contribution in [0.5, 0.6) is 0 Å². The Morgan fingerprint density at radius 2 is 1.43 bits per heavy atom. The first kappa shape index (κ1) is 37.1. The maximum Gasteiger partial charge on any atom is 0.475 e. The smallest absolute Gasteiger partial charge is 0.382 e. The molecule has 1 N–H and O–H groups in total. The molecule has 0 radical (unpaired) electrons. The van der Waals surface area contributed by atoms with E-state index in [1.165, 1.54) is 7.11 Å². The highest BCUT2D eigenvalue weighted by atomic mass is 33.1. The minimum absolute atomic E-state index is 0.0219. The zero-order valence-electron chi connectivity index (χ0n) is 23.8. The molecule has 0 aromatic heterocycles. The van der Waals surface area contributed by atoms with Crippen LogP contribution in [0.25, 0.3) is 0 Å². The van der Waals surface area contributed by atoms with Crippen LogP contribution in [0, 0.1) is 0 Å². The lowest BCUT2D eigenvalue weighted by Gasteiger charge is -2.25. The Bertz CT molecular complexity index is 622. The van der Waals surface area contributed by atoms with Crippen molar-refractivity contribution < 1.29 is 41.9 Å². The molecule has 1 atom stereocenters. The Balaban J connectivity index is 3.70. The summed E-state index contributed by atoms with van der Waals surface area (Å²) in [5.74, 6) is 0.965. The number of hydrogen-bond donors (Lipinski definition) is 1. The lowest BCUT2D eigenvalue weighted by molar-refractivity contribution is -0.121. The van der Waals surface area contributed by atoms with Crippen LogP contribution in [0.4, 0.5) is 0 Å². The van der Waals surface area contributed by atoms with Crippen LogP contribution >= 0.6 is 29.4 Å². The molecule has 37 heavy (non-hydrogen) atoms.